The summed E-state index contributed by atoms with van der Waals surface area (Å²) in [7, 11) is 1.59. The molecule has 0 saturated heterocycles. The molecule has 0 aliphatic heterocycles. The highest BCUT2D eigenvalue weighted by Crippen LogP contribution is 2.27. The molecule has 1 aromatic rings. The minimum atomic E-state index is -0.762. The van der Waals surface area contributed by atoms with Crippen molar-refractivity contribution in [2.75, 3.05) is 42.7 Å². The summed E-state index contributed by atoms with van der Waals surface area (Å²) in [4.78, 5) is 39.9. The van der Waals surface area contributed by atoms with E-state index < -0.39 is 23.6 Å². The Bertz CT molecular complexity index is 858. The number of ether oxygens (including phenoxy) is 2. The van der Waals surface area contributed by atoms with E-state index in [0.29, 0.717) is 29.0 Å². The Labute approximate surface area is 229 Å². The molecular formula is C26H42N4O5S2. The second-order valence-corrected chi connectivity index (χ2v) is 12.0. The fourth-order valence-electron chi connectivity index (χ4n) is 3.84. The number of hydrogen-bond donors (Lipinski definition) is 3. The number of nitrogens with one attached hydrogen (secondary N) is 3. The van der Waals surface area contributed by atoms with Crippen LogP contribution in [-0.4, -0.2) is 71.7 Å². The third-order valence-corrected chi connectivity index (χ3v) is 7.55. The molecule has 0 spiro atoms. The SMILES string of the molecule is COc1ccc(NNC(=O)C(CSCC2CCCCC2)NC(=O)CN(CSC)C(=O)OC(C)(C)C)cc1. The van der Waals surface area contributed by atoms with E-state index in [4.69, 9.17) is 9.47 Å². The second kappa shape index (κ2) is 15.9. The van der Waals surface area contributed by atoms with E-state index in [1.807, 2.05) is 6.26 Å². The van der Waals surface area contributed by atoms with Crippen LogP contribution in [0, 0.1) is 5.92 Å². The maximum absolute atomic E-state index is 13.1. The Hall–Kier alpha value is -2.27. The molecule has 3 amide bonds. The van der Waals surface area contributed by atoms with Crippen LogP contribution in [-0.2, 0) is 14.3 Å². The van der Waals surface area contributed by atoms with Crippen LogP contribution in [0.1, 0.15) is 52.9 Å². The Morgan fingerprint density at radius 2 is 1.78 bits per heavy atom. The molecule has 1 atom stereocenters. The van der Waals surface area contributed by atoms with Crippen molar-refractivity contribution in [3.8, 4) is 5.75 Å². The van der Waals surface area contributed by atoms with Crippen LogP contribution >= 0.6 is 23.5 Å². The standard InChI is InChI=1S/C26H42N4O5S2/c1-26(2,3)35-25(33)30(18-36-5)15-23(31)27-22(17-37-16-19-9-7-6-8-10-19)24(32)29-28-20-11-13-21(34-4)14-12-20/h11-14,19,22,28H,6-10,15-18H2,1-5H3,(H,27,31)(H,29,32). The summed E-state index contributed by atoms with van der Waals surface area (Å²) in [6, 6.07) is 6.37. The van der Waals surface area contributed by atoms with Gasteiger partial charge in [0.1, 0.15) is 23.9 Å². The minimum absolute atomic E-state index is 0.196. The van der Waals surface area contributed by atoms with Crippen LogP contribution in [0.25, 0.3) is 0 Å². The molecule has 0 bridgehead atoms. The van der Waals surface area contributed by atoms with Gasteiger partial charge in [-0.2, -0.15) is 11.8 Å². The van der Waals surface area contributed by atoms with Gasteiger partial charge in [0.2, 0.25) is 5.91 Å². The number of thioether (sulfide) groups is 2. The first kappa shape index (κ1) is 31.0. The van der Waals surface area contributed by atoms with E-state index in [2.05, 4.69) is 16.2 Å². The number of rotatable bonds is 13. The molecule has 1 aliphatic carbocycles. The first-order valence-electron chi connectivity index (χ1n) is 12.6. The molecule has 1 aliphatic rings. The molecule has 0 heterocycles. The van der Waals surface area contributed by atoms with Crippen molar-refractivity contribution in [1.29, 1.82) is 0 Å². The molecule has 1 aromatic carbocycles. The monoisotopic (exact) mass is 554 g/mol. The molecule has 208 valence electrons. The van der Waals surface area contributed by atoms with Crippen molar-refractivity contribution in [2.45, 2.75) is 64.5 Å². The number of hydrogen-bond acceptors (Lipinski definition) is 8. The highest BCUT2D eigenvalue weighted by atomic mass is 32.2. The second-order valence-electron chi connectivity index (χ2n) is 10.1. The van der Waals surface area contributed by atoms with E-state index in [0.717, 1.165) is 5.75 Å². The third kappa shape index (κ3) is 12.2. The molecule has 2 rings (SSSR count). The summed E-state index contributed by atoms with van der Waals surface area (Å²) in [6.07, 6.45) is 7.53. The molecule has 0 radical (unpaired) electrons. The lowest BCUT2D eigenvalue weighted by molar-refractivity contribution is -0.128. The molecule has 0 aromatic heterocycles. The Kier molecular flexibility index (Phi) is 13.3. The summed E-state index contributed by atoms with van der Waals surface area (Å²) in [5.74, 6) is 2.29. The van der Waals surface area contributed by atoms with Gasteiger partial charge in [0.25, 0.3) is 5.91 Å². The predicted octanol–water partition coefficient (Wildman–Crippen LogP) is 4.49. The Morgan fingerprint density at radius 1 is 1.11 bits per heavy atom. The molecular weight excluding hydrogens is 512 g/mol. The number of hydrazine groups is 1. The van der Waals surface area contributed by atoms with Crippen molar-refractivity contribution in [3.63, 3.8) is 0 Å². The molecule has 1 fully saturated rings. The molecule has 1 unspecified atom stereocenters. The van der Waals surface area contributed by atoms with Gasteiger partial charge in [0.05, 0.1) is 18.7 Å². The van der Waals surface area contributed by atoms with E-state index in [9.17, 15) is 14.4 Å². The number of benzene rings is 1. The van der Waals surface area contributed by atoms with Gasteiger partial charge in [0, 0.05) is 5.75 Å². The van der Waals surface area contributed by atoms with Crippen molar-refractivity contribution >= 4 is 47.1 Å². The quantitative estimate of drug-likeness (QED) is 0.242. The maximum atomic E-state index is 13.1. The average molecular weight is 555 g/mol. The van der Waals surface area contributed by atoms with Crippen LogP contribution in [0.4, 0.5) is 10.5 Å². The van der Waals surface area contributed by atoms with Gasteiger partial charge >= 0.3 is 6.09 Å². The largest absolute Gasteiger partial charge is 0.497 e. The van der Waals surface area contributed by atoms with Gasteiger partial charge in [-0.1, -0.05) is 19.3 Å². The van der Waals surface area contributed by atoms with Crippen molar-refractivity contribution < 1.29 is 23.9 Å². The van der Waals surface area contributed by atoms with Gasteiger partial charge < -0.3 is 14.8 Å². The van der Waals surface area contributed by atoms with E-state index in [1.54, 1.807) is 63.9 Å². The van der Waals surface area contributed by atoms with Crippen molar-refractivity contribution in [2.24, 2.45) is 5.92 Å². The van der Waals surface area contributed by atoms with Gasteiger partial charge in [-0.25, -0.2) is 4.79 Å². The molecule has 37 heavy (non-hydrogen) atoms. The first-order valence-corrected chi connectivity index (χ1v) is 15.2. The highest BCUT2D eigenvalue weighted by Gasteiger charge is 2.27. The van der Waals surface area contributed by atoms with Gasteiger partial charge in [-0.05, 0) is 75.8 Å². The zero-order valence-electron chi connectivity index (χ0n) is 22.6. The highest BCUT2D eigenvalue weighted by molar-refractivity contribution is 7.99. The van der Waals surface area contributed by atoms with Gasteiger partial charge in [0.15, 0.2) is 0 Å². The summed E-state index contributed by atoms with van der Waals surface area (Å²) in [5, 5.41) is 2.83. The first-order chi connectivity index (χ1) is 17.6. The van der Waals surface area contributed by atoms with Crippen LogP contribution in [0.15, 0.2) is 24.3 Å². The number of amides is 3. The molecule has 11 heteroatoms. The zero-order chi connectivity index (χ0) is 27.3. The molecule has 9 nitrogen and oxygen atoms in total. The minimum Gasteiger partial charge on any atom is -0.497 e. The normalized spacial score (nSPS) is 14.8. The fourth-order valence-corrected chi connectivity index (χ4v) is 5.62. The number of carbonyl (C=O) groups excluding carboxylic acids is 3. The zero-order valence-corrected chi connectivity index (χ0v) is 24.3. The Morgan fingerprint density at radius 3 is 2.38 bits per heavy atom. The lowest BCUT2D eigenvalue weighted by Crippen LogP contribution is -2.52. The Balaban J connectivity index is 1.99. The van der Waals surface area contributed by atoms with E-state index >= 15 is 0 Å². The van der Waals surface area contributed by atoms with E-state index in [-0.39, 0.29) is 12.5 Å². The van der Waals surface area contributed by atoms with Gasteiger partial charge in [-0.15, -0.1) is 11.8 Å². The maximum Gasteiger partial charge on any atom is 0.411 e. The lowest BCUT2D eigenvalue weighted by atomic mass is 9.91. The average Bonchev–Trinajstić information content (AvgIpc) is 2.86. The van der Waals surface area contributed by atoms with Crippen molar-refractivity contribution in [3.05, 3.63) is 24.3 Å². The van der Waals surface area contributed by atoms with Crippen molar-refractivity contribution in [1.82, 2.24) is 15.6 Å². The van der Waals surface area contributed by atoms with Crippen LogP contribution in [0.3, 0.4) is 0 Å². The summed E-state index contributed by atoms with van der Waals surface area (Å²) in [6.45, 7) is 5.14. The predicted molar refractivity (Wildman–Crippen MR) is 152 cm³/mol. The van der Waals surface area contributed by atoms with Crippen LogP contribution < -0.4 is 20.9 Å². The van der Waals surface area contributed by atoms with E-state index in [1.165, 1.54) is 48.8 Å². The molecule has 1 saturated carbocycles. The van der Waals surface area contributed by atoms with Crippen LogP contribution in [0.5, 0.6) is 5.75 Å². The number of carbonyl (C=O) groups is 3. The summed E-state index contributed by atoms with van der Waals surface area (Å²) in [5.41, 5.74) is 5.60. The molecule has 3 N–H and O–H groups in total. The topological polar surface area (TPSA) is 109 Å². The summed E-state index contributed by atoms with van der Waals surface area (Å²) >= 11 is 3.09. The number of methoxy groups -OCH3 is 1. The fraction of sp³-hybridized carbons (Fsp3) is 0.654. The lowest BCUT2D eigenvalue weighted by Gasteiger charge is -2.27. The smallest absolute Gasteiger partial charge is 0.411 e. The number of nitrogens with zero attached hydrogens (tertiary/aromatic N) is 1. The van der Waals surface area contributed by atoms with Crippen LogP contribution in [0.2, 0.25) is 0 Å². The van der Waals surface area contributed by atoms with Gasteiger partial charge in [-0.3, -0.25) is 25.3 Å². The number of anilines is 1. The third-order valence-electron chi connectivity index (χ3n) is 5.71. The summed E-state index contributed by atoms with van der Waals surface area (Å²) < 4.78 is 10.6.